The summed E-state index contributed by atoms with van der Waals surface area (Å²) in [6.45, 7) is 2.54. The number of unbranched alkanes of at least 4 members (excludes halogenated alkanes) is 2. The number of carboxylic acid groups (broad SMARTS) is 1. The SMILES string of the molecule is CC(=O)N[C@H]1[C@H](OCCOCCOCCOCC(=O)NCCCCC(NC(=O)COCCOCCOCCO[C@@H]2O[C@H](CO)[C@H](O)[C@H](O)[C@H]2NC(C)=O)C(=O)NC(CCCCNC(=O)COCCOCCOCCO[C@@H]2OC(CO)[C@H](O)C(O)[C@H]2NC(C)=O)C(=O)O)O[C@H](CO)[C@H](O)[C@@H]1O. The summed E-state index contributed by atoms with van der Waals surface area (Å²) in [5.41, 5.74) is 0. The normalized spacial score (nSPS) is 25.8. The lowest BCUT2D eigenvalue weighted by Gasteiger charge is -2.42. The molecule has 3 heterocycles. The van der Waals surface area contributed by atoms with Gasteiger partial charge < -0.3 is 159 Å². The zero-order valence-corrected chi connectivity index (χ0v) is 56.8. The van der Waals surface area contributed by atoms with Crippen molar-refractivity contribution in [1.29, 1.82) is 0 Å². The molecule has 4 unspecified atom stereocenters. The lowest BCUT2D eigenvalue weighted by Crippen LogP contribution is -2.64. The zero-order valence-electron chi connectivity index (χ0n) is 56.8. The Morgan fingerprint density at radius 3 is 0.930 bits per heavy atom. The van der Waals surface area contributed by atoms with Gasteiger partial charge in [0.15, 0.2) is 18.9 Å². The summed E-state index contributed by atoms with van der Waals surface area (Å²) in [5.74, 6) is -5.18. The summed E-state index contributed by atoms with van der Waals surface area (Å²) >= 11 is 0. The smallest absolute Gasteiger partial charge is 0.326 e. The van der Waals surface area contributed by atoms with Crippen LogP contribution in [-0.2, 0) is 109 Å². The molecule has 17 atom stereocenters. The van der Waals surface area contributed by atoms with Gasteiger partial charge in [-0.15, -0.1) is 0 Å². The van der Waals surface area contributed by atoms with Gasteiger partial charge in [-0.25, -0.2) is 4.79 Å². The molecule has 3 rings (SSSR count). The highest BCUT2D eigenvalue weighted by molar-refractivity contribution is 5.90. The second-order valence-corrected chi connectivity index (χ2v) is 23.0. The summed E-state index contributed by atoms with van der Waals surface area (Å²) < 4.78 is 82.2. The van der Waals surface area contributed by atoms with Crippen molar-refractivity contribution in [3.63, 3.8) is 0 Å². The lowest BCUT2D eigenvalue weighted by molar-refractivity contribution is -0.272. The van der Waals surface area contributed by atoms with E-state index in [1.165, 1.54) is 20.8 Å². The number of carboxylic acids is 1. The number of aliphatic carboxylic acids is 1. The van der Waals surface area contributed by atoms with Crippen LogP contribution in [0.25, 0.3) is 0 Å². The Bertz CT molecular complexity index is 2310. The van der Waals surface area contributed by atoms with Crippen LogP contribution in [0, 0.1) is 0 Å². The largest absolute Gasteiger partial charge is 0.480 e. The third-order valence-electron chi connectivity index (χ3n) is 15.0. The summed E-state index contributed by atoms with van der Waals surface area (Å²) in [7, 11) is 0. The van der Waals surface area contributed by atoms with E-state index in [9.17, 15) is 89.4 Å². The highest BCUT2D eigenvalue weighted by Gasteiger charge is 2.48. The van der Waals surface area contributed by atoms with E-state index in [4.69, 9.17) is 71.1 Å². The molecule has 17 N–H and O–H groups in total. The Hall–Kier alpha value is -5.20. The molecular formula is C60H107N7O33. The van der Waals surface area contributed by atoms with Gasteiger partial charge in [-0.3, -0.25) is 33.6 Å². The van der Waals surface area contributed by atoms with Crippen molar-refractivity contribution in [3.05, 3.63) is 0 Å². The second-order valence-electron chi connectivity index (χ2n) is 23.0. The molecule has 7 amide bonds. The highest BCUT2D eigenvalue weighted by atomic mass is 16.7. The molecule has 100 heavy (non-hydrogen) atoms. The molecule has 580 valence electrons. The fourth-order valence-corrected chi connectivity index (χ4v) is 9.86. The van der Waals surface area contributed by atoms with Crippen LogP contribution in [0.2, 0.25) is 0 Å². The van der Waals surface area contributed by atoms with E-state index in [2.05, 4.69) is 37.2 Å². The standard InChI is InChI=1S/C60H107N7O33/c1-36(71)63-47-53(80)50(77)41(30-68)98-58(47)95-27-24-89-15-12-86-18-21-92-33-44(74)61-10-6-4-8-39(66-46(76)35-94-23-20-88-14-17-91-26-29-97-60-49(65-38(3)73)55(82)52(79)43(32-70)100-60)56(83)67-40(57(84)85)9-5-7-11-62-45(75)34-93-22-19-87-13-16-90-25-28-96-59-48(64-37(2)72)54(81)51(78)42(31-69)99-59/h39-43,47-55,58-60,68-70,77-82H,4-35H2,1-3H3,(H,61,74)(H,62,75)(H,63,71)(H,64,72)(H,65,73)(H,66,76)(H,67,83)(H,84,85)/t39?,40?,41-,42?,43-,47-,48-,49-,50+,51+,52+,53-,54?,55-,58-,59-,60-/m1/s1. The van der Waals surface area contributed by atoms with Crippen molar-refractivity contribution in [1.82, 2.24) is 37.2 Å². The third kappa shape index (κ3) is 36.3. The molecule has 0 aliphatic carbocycles. The highest BCUT2D eigenvalue weighted by Crippen LogP contribution is 2.25. The van der Waals surface area contributed by atoms with Crippen LogP contribution in [0.5, 0.6) is 0 Å². The lowest BCUT2D eigenvalue weighted by atomic mass is 9.97. The quantitative estimate of drug-likeness (QED) is 0.0252. The third-order valence-corrected chi connectivity index (χ3v) is 15.0. The van der Waals surface area contributed by atoms with E-state index in [1.54, 1.807) is 0 Å². The minimum Gasteiger partial charge on any atom is -0.480 e. The Morgan fingerprint density at radius 2 is 0.640 bits per heavy atom. The molecule has 0 aromatic carbocycles. The van der Waals surface area contributed by atoms with E-state index in [-0.39, 0.29) is 171 Å². The van der Waals surface area contributed by atoms with Crippen molar-refractivity contribution in [2.45, 2.75) is 163 Å². The Kier molecular flexibility index (Phi) is 46.9. The van der Waals surface area contributed by atoms with Crippen LogP contribution in [0.4, 0.5) is 0 Å². The van der Waals surface area contributed by atoms with Crippen molar-refractivity contribution < 1.29 is 160 Å². The van der Waals surface area contributed by atoms with Gasteiger partial charge >= 0.3 is 5.97 Å². The van der Waals surface area contributed by atoms with E-state index in [0.717, 1.165) is 0 Å². The molecule has 3 aliphatic heterocycles. The number of hydrogen-bond donors (Lipinski definition) is 17. The molecule has 0 bridgehead atoms. The van der Waals surface area contributed by atoms with Crippen LogP contribution in [0.15, 0.2) is 0 Å². The number of ether oxygens (including phenoxy) is 15. The molecule has 0 spiro atoms. The van der Waals surface area contributed by atoms with Crippen molar-refractivity contribution in [2.24, 2.45) is 0 Å². The van der Waals surface area contributed by atoms with Gasteiger partial charge in [0.1, 0.15) is 105 Å². The van der Waals surface area contributed by atoms with Gasteiger partial charge in [-0.2, -0.15) is 0 Å². The number of carbonyl (C=O) groups is 8. The van der Waals surface area contributed by atoms with Gasteiger partial charge in [0, 0.05) is 33.9 Å². The van der Waals surface area contributed by atoms with Crippen LogP contribution in [-0.4, -0.2) is 374 Å². The number of aliphatic hydroxyl groups excluding tert-OH is 9. The van der Waals surface area contributed by atoms with Crippen molar-refractivity contribution in [3.8, 4) is 0 Å². The summed E-state index contributed by atoms with van der Waals surface area (Å²) in [4.78, 5) is 98.8. The maximum Gasteiger partial charge on any atom is 0.326 e. The first-order valence-electron chi connectivity index (χ1n) is 33.1. The number of amides is 7. The van der Waals surface area contributed by atoms with E-state index < -0.39 is 178 Å². The van der Waals surface area contributed by atoms with Gasteiger partial charge in [0.25, 0.3) is 0 Å². The molecule has 3 aliphatic rings. The van der Waals surface area contributed by atoms with Crippen LogP contribution < -0.4 is 37.2 Å². The van der Waals surface area contributed by atoms with Crippen LogP contribution in [0.3, 0.4) is 0 Å². The van der Waals surface area contributed by atoms with Crippen LogP contribution in [0.1, 0.15) is 59.3 Å². The fraction of sp³-hybridized carbons (Fsp3) is 0.867. The monoisotopic (exact) mass is 1450 g/mol. The Balaban J connectivity index is 1.34. The zero-order chi connectivity index (χ0) is 73.6. The summed E-state index contributed by atoms with van der Waals surface area (Å²) in [6, 6.07) is -5.87. The Labute approximate surface area is 578 Å². The molecule has 3 fully saturated rings. The molecule has 0 aromatic heterocycles. The maximum atomic E-state index is 13.6. The molecule has 0 radical (unpaired) electrons. The van der Waals surface area contributed by atoms with E-state index >= 15 is 0 Å². The topological polar surface area (TPSA) is 562 Å². The molecule has 0 aromatic rings. The number of rotatable bonds is 56. The van der Waals surface area contributed by atoms with Gasteiger partial charge in [0.2, 0.25) is 41.4 Å². The molecule has 40 heteroatoms. The first kappa shape index (κ1) is 89.0. The van der Waals surface area contributed by atoms with Gasteiger partial charge in [0.05, 0.1) is 139 Å². The summed E-state index contributed by atoms with van der Waals surface area (Å²) in [6.07, 6.45) is -14.4. The first-order valence-corrected chi connectivity index (χ1v) is 33.1. The maximum absolute atomic E-state index is 13.6. The predicted molar refractivity (Wildman–Crippen MR) is 337 cm³/mol. The first-order chi connectivity index (χ1) is 48.0. The van der Waals surface area contributed by atoms with E-state index in [1.807, 2.05) is 0 Å². The van der Waals surface area contributed by atoms with Crippen molar-refractivity contribution in [2.75, 3.05) is 172 Å². The Morgan fingerprint density at radius 1 is 0.360 bits per heavy atom. The second kappa shape index (κ2) is 52.7. The number of hydrogen-bond acceptors (Lipinski definition) is 32. The number of aliphatic hydroxyl groups is 9. The number of carbonyl (C=O) groups excluding carboxylic acids is 7. The fourth-order valence-electron chi connectivity index (χ4n) is 9.86. The molecule has 40 nitrogen and oxygen atoms in total. The molecule has 0 saturated carbocycles. The van der Waals surface area contributed by atoms with E-state index in [0.29, 0.717) is 12.8 Å². The van der Waals surface area contributed by atoms with Crippen molar-refractivity contribution >= 4 is 47.3 Å². The van der Waals surface area contributed by atoms with Gasteiger partial charge in [-0.1, -0.05) is 0 Å². The van der Waals surface area contributed by atoms with Crippen LogP contribution >= 0.6 is 0 Å². The number of nitrogens with one attached hydrogen (secondary N) is 7. The summed E-state index contributed by atoms with van der Waals surface area (Å²) in [5, 5.41) is 118. The predicted octanol–water partition coefficient (Wildman–Crippen LogP) is -9.36. The average molecular weight is 1450 g/mol. The molecule has 3 saturated heterocycles. The molecular weight excluding hydrogens is 1350 g/mol. The van der Waals surface area contributed by atoms with Gasteiger partial charge in [-0.05, 0) is 38.5 Å². The average Bonchev–Trinajstić information content (AvgIpc) is 0.825. The minimum atomic E-state index is -1.47. The minimum absolute atomic E-state index is 0.0161.